The summed E-state index contributed by atoms with van der Waals surface area (Å²) in [7, 11) is 2.24. The molecule has 1 saturated heterocycles. The normalized spacial score (nSPS) is 31.4. The molecule has 2 N–H and O–H groups in total. The summed E-state index contributed by atoms with van der Waals surface area (Å²) in [5.41, 5.74) is 6.44. The summed E-state index contributed by atoms with van der Waals surface area (Å²) in [6, 6.07) is 0.826. The molecule has 1 aliphatic carbocycles. The number of nitrogens with zero attached hydrogens (tertiary/aromatic N) is 2. The first-order valence-electron chi connectivity index (χ1n) is 7.23. The van der Waals surface area contributed by atoms with Crippen molar-refractivity contribution in [3.63, 3.8) is 0 Å². The lowest BCUT2D eigenvalue weighted by atomic mass is 9.86. The van der Waals surface area contributed by atoms with E-state index in [1.165, 1.54) is 38.8 Å². The second-order valence-corrected chi connectivity index (χ2v) is 6.55. The Morgan fingerprint density at radius 1 is 1.41 bits per heavy atom. The van der Waals surface area contributed by atoms with Crippen LogP contribution < -0.4 is 5.73 Å². The maximum Gasteiger partial charge on any atom is 0.0461 e. The van der Waals surface area contributed by atoms with Crippen LogP contribution in [0.25, 0.3) is 0 Å². The molecular weight excluding hydrogens is 210 g/mol. The number of hydrogen-bond donors (Lipinski definition) is 1. The van der Waals surface area contributed by atoms with Crippen LogP contribution in [0.5, 0.6) is 0 Å². The van der Waals surface area contributed by atoms with E-state index in [1.807, 2.05) is 0 Å². The fraction of sp³-hybridized carbons (Fsp3) is 1.00. The monoisotopic (exact) mass is 239 g/mol. The second kappa shape index (κ2) is 5.25. The molecule has 100 valence electrons. The number of nitrogens with two attached hydrogens (primary N) is 1. The highest BCUT2D eigenvalue weighted by Gasteiger charge is 2.45. The zero-order valence-corrected chi connectivity index (χ0v) is 11.8. The number of rotatable bonds is 5. The Labute approximate surface area is 106 Å². The average Bonchev–Trinajstić information content (AvgIpc) is 3.09. The Morgan fingerprint density at radius 3 is 2.59 bits per heavy atom. The van der Waals surface area contributed by atoms with Crippen LogP contribution in [0.4, 0.5) is 0 Å². The van der Waals surface area contributed by atoms with E-state index in [0.717, 1.165) is 25.0 Å². The lowest BCUT2D eigenvalue weighted by Crippen LogP contribution is -2.63. The van der Waals surface area contributed by atoms with Gasteiger partial charge in [0.15, 0.2) is 0 Å². The molecule has 17 heavy (non-hydrogen) atoms. The van der Waals surface area contributed by atoms with Crippen molar-refractivity contribution in [2.75, 3.05) is 33.2 Å². The summed E-state index contributed by atoms with van der Waals surface area (Å²) >= 11 is 0. The van der Waals surface area contributed by atoms with Gasteiger partial charge in [-0.15, -0.1) is 0 Å². The molecule has 0 aromatic heterocycles. The highest BCUT2D eigenvalue weighted by molar-refractivity contribution is 5.02. The maximum atomic E-state index is 6.17. The fourth-order valence-corrected chi connectivity index (χ4v) is 3.37. The van der Waals surface area contributed by atoms with Crippen LogP contribution in [0.2, 0.25) is 0 Å². The zero-order valence-electron chi connectivity index (χ0n) is 11.8. The lowest BCUT2D eigenvalue weighted by Gasteiger charge is -2.49. The summed E-state index contributed by atoms with van der Waals surface area (Å²) in [6.45, 7) is 9.09. The summed E-state index contributed by atoms with van der Waals surface area (Å²) < 4.78 is 0. The third-order valence-electron chi connectivity index (χ3n) is 4.28. The zero-order chi connectivity index (χ0) is 12.5. The quantitative estimate of drug-likeness (QED) is 0.790. The van der Waals surface area contributed by atoms with Gasteiger partial charge in [-0.2, -0.15) is 0 Å². The van der Waals surface area contributed by atoms with Crippen LogP contribution in [0, 0.1) is 5.92 Å². The van der Waals surface area contributed by atoms with Gasteiger partial charge in [-0.1, -0.05) is 13.8 Å². The van der Waals surface area contributed by atoms with E-state index < -0.39 is 0 Å². The molecule has 0 spiro atoms. The van der Waals surface area contributed by atoms with Crippen molar-refractivity contribution in [2.24, 2.45) is 11.7 Å². The third-order valence-corrected chi connectivity index (χ3v) is 4.28. The van der Waals surface area contributed by atoms with Gasteiger partial charge in [0.05, 0.1) is 0 Å². The first kappa shape index (κ1) is 13.3. The van der Waals surface area contributed by atoms with E-state index in [2.05, 4.69) is 30.7 Å². The molecule has 1 aliphatic heterocycles. The van der Waals surface area contributed by atoms with Gasteiger partial charge in [-0.25, -0.2) is 0 Å². The highest BCUT2D eigenvalue weighted by Crippen LogP contribution is 2.37. The van der Waals surface area contributed by atoms with Crippen molar-refractivity contribution < 1.29 is 0 Å². The number of likely N-dealkylation sites (tertiary alicyclic amines) is 1. The molecule has 0 bridgehead atoms. The SMILES string of the molecule is CC(C)CN(C1CC1)C1(CN)CCCN(C)C1. The van der Waals surface area contributed by atoms with Crippen molar-refractivity contribution in [3.8, 4) is 0 Å². The Bertz CT molecular complexity index is 250. The standard InChI is InChI=1S/C14H29N3/c1-12(2)9-17(13-5-6-13)14(10-15)7-4-8-16(3)11-14/h12-13H,4-11,15H2,1-3H3. The third kappa shape index (κ3) is 3.01. The van der Waals surface area contributed by atoms with Crippen LogP contribution in [-0.2, 0) is 0 Å². The summed E-state index contributed by atoms with van der Waals surface area (Å²) in [5, 5.41) is 0. The minimum Gasteiger partial charge on any atom is -0.329 e. The number of likely N-dealkylation sites (N-methyl/N-ethyl adjacent to an activating group) is 1. The molecule has 2 fully saturated rings. The van der Waals surface area contributed by atoms with Crippen LogP contribution in [0.15, 0.2) is 0 Å². The lowest BCUT2D eigenvalue weighted by molar-refractivity contribution is 0.0116. The van der Waals surface area contributed by atoms with Crippen LogP contribution in [0.3, 0.4) is 0 Å². The topological polar surface area (TPSA) is 32.5 Å². The van der Waals surface area contributed by atoms with Crippen LogP contribution in [0.1, 0.15) is 39.5 Å². The maximum absolute atomic E-state index is 6.17. The van der Waals surface area contributed by atoms with Crippen molar-refractivity contribution in [1.82, 2.24) is 9.80 Å². The van der Waals surface area contributed by atoms with E-state index in [0.29, 0.717) is 0 Å². The first-order valence-corrected chi connectivity index (χ1v) is 7.23. The van der Waals surface area contributed by atoms with Gasteiger partial charge in [-0.3, -0.25) is 4.90 Å². The summed E-state index contributed by atoms with van der Waals surface area (Å²) in [4.78, 5) is 5.22. The molecule has 0 radical (unpaired) electrons. The van der Waals surface area contributed by atoms with Crippen molar-refractivity contribution >= 4 is 0 Å². The molecule has 0 aromatic rings. The first-order chi connectivity index (χ1) is 8.07. The average molecular weight is 239 g/mol. The second-order valence-electron chi connectivity index (χ2n) is 6.55. The fourth-order valence-electron chi connectivity index (χ4n) is 3.37. The van der Waals surface area contributed by atoms with Crippen molar-refractivity contribution in [1.29, 1.82) is 0 Å². The van der Waals surface area contributed by atoms with E-state index >= 15 is 0 Å². The molecule has 0 amide bonds. The van der Waals surface area contributed by atoms with Gasteiger partial charge in [0.1, 0.15) is 0 Å². The van der Waals surface area contributed by atoms with Gasteiger partial charge in [-0.05, 0) is 45.2 Å². The Kier molecular flexibility index (Phi) is 4.11. The van der Waals surface area contributed by atoms with Gasteiger partial charge in [0, 0.05) is 31.2 Å². The molecule has 1 heterocycles. The molecule has 2 rings (SSSR count). The van der Waals surface area contributed by atoms with Crippen molar-refractivity contribution in [3.05, 3.63) is 0 Å². The van der Waals surface area contributed by atoms with E-state index in [-0.39, 0.29) is 5.54 Å². The smallest absolute Gasteiger partial charge is 0.0461 e. The van der Waals surface area contributed by atoms with Gasteiger partial charge in [0.25, 0.3) is 0 Å². The van der Waals surface area contributed by atoms with E-state index in [9.17, 15) is 0 Å². The van der Waals surface area contributed by atoms with Crippen molar-refractivity contribution in [2.45, 2.75) is 51.1 Å². The van der Waals surface area contributed by atoms with Gasteiger partial charge < -0.3 is 10.6 Å². The molecule has 1 saturated carbocycles. The molecular formula is C14H29N3. The minimum atomic E-state index is 0.262. The van der Waals surface area contributed by atoms with Crippen LogP contribution >= 0.6 is 0 Å². The summed E-state index contributed by atoms with van der Waals surface area (Å²) in [6.07, 6.45) is 5.36. The van der Waals surface area contributed by atoms with Gasteiger partial charge >= 0.3 is 0 Å². The number of hydrogen-bond acceptors (Lipinski definition) is 3. The Hall–Kier alpha value is -0.120. The Balaban J connectivity index is 2.11. The van der Waals surface area contributed by atoms with E-state index in [4.69, 9.17) is 5.73 Å². The molecule has 0 aromatic carbocycles. The summed E-state index contributed by atoms with van der Waals surface area (Å²) in [5.74, 6) is 0.742. The van der Waals surface area contributed by atoms with Gasteiger partial charge in [0.2, 0.25) is 0 Å². The molecule has 1 atom stereocenters. The minimum absolute atomic E-state index is 0.262. The van der Waals surface area contributed by atoms with Crippen LogP contribution in [-0.4, -0.2) is 54.6 Å². The Morgan fingerprint density at radius 2 is 2.12 bits per heavy atom. The number of piperidine rings is 1. The predicted molar refractivity (Wildman–Crippen MR) is 73.1 cm³/mol. The predicted octanol–water partition coefficient (Wildman–Crippen LogP) is 1.53. The molecule has 1 unspecified atom stereocenters. The molecule has 2 aliphatic rings. The highest BCUT2D eigenvalue weighted by atomic mass is 15.3. The largest absolute Gasteiger partial charge is 0.329 e. The molecule has 3 nitrogen and oxygen atoms in total. The molecule has 3 heteroatoms. The van der Waals surface area contributed by atoms with E-state index in [1.54, 1.807) is 0 Å².